The largest absolute Gasteiger partial charge is 0.423 e. The van der Waals surface area contributed by atoms with Crippen LogP contribution in [0.1, 0.15) is 60.8 Å². The first-order valence-corrected chi connectivity index (χ1v) is 58.1. The summed E-state index contributed by atoms with van der Waals surface area (Å²) in [4.78, 5) is 92.0. The van der Waals surface area contributed by atoms with Crippen LogP contribution in [-0.2, 0) is 59.6 Å². The molecule has 0 aromatic heterocycles. The maximum Gasteiger partial charge on any atom is 0.345 e. The third-order valence-electron chi connectivity index (χ3n) is 19.4. The fourth-order valence-corrected chi connectivity index (χ4v) is 35.1. The van der Waals surface area contributed by atoms with Crippen molar-refractivity contribution >= 4 is 356 Å². The van der Waals surface area contributed by atoms with Crippen molar-refractivity contribution in [2.45, 2.75) is 79.0 Å². The van der Waals surface area contributed by atoms with E-state index in [-0.39, 0.29) is 56.3 Å². The summed E-state index contributed by atoms with van der Waals surface area (Å²) in [6.45, 7) is 3.06. The van der Waals surface area contributed by atoms with Gasteiger partial charge in [0.1, 0.15) is 33.9 Å². The van der Waals surface area contributed by atoms with Crippen LogP contribution < -0.4 is 23.8 Å². The number of amides is 1. The first-order chi connectivity index (χ1) is 64.2. The van der Waals surface area contributed by atoms with Gasteiger partial charge in [0.25, 0.3) is 0 Å². The lowest BCUT2D eigenvalue weighted by molar-refractivity contribution is -0.117. The van der Waals surface area contributed by atoms with E-state index in [9.17, 15) is 28.8 Å². The lowest BCUT2D eigenvalue weighted by Crippen LogP contribution is -2.26. The molecule has 0 spiro atoms. The lowest BCUT2D eigenvalue weighted by atomic mass is 10.1. The highest BCUT2D eigenvalue weighted by Crippen LogP contribution is 2.42. The number of hydrogen-bond donors (Lipinski definition) is 0. The molecule has 666 valence electrons. The van der Waals surface area contributed by atoms with E-state index in [1.165, 1.54) is 46.1 Å². The zero-order chi connectivity index (χ0) is 94.4. The molecule has 0 atom stereocenters. The summed E-state index contributed by atoms with van der Waals surface area (Å²) in [5.74, 6) is 0.536. The highest BCUT2D eigenvalue weighted by atomic mass is 127. The van der Waals surface area contributed by atoms with Gasteiger partial charge in [0.05, 0.1) is 64.2 Å². The molecule has 27 heteroatoms. The minimum Gasteiger partial charge on any atom is -0.423 e. The predicted octanol–water partition coefficient (Wildman–Crippen LogP) is 31.4. The van der Waals surface area contributed by atoms with E-state index in [0.717, 1.165) is 64.4 Å². The Kier molecular flexibility index (Phi) is 40.9. The number of anilines is 1. The monoisotopic (exact) mass is 3170 g/mol. The number of para-hydroxylation sites is 1. The van der Waals surface area contributed by atoms with Crippen LogP contribution in [0, 0.1) is 42.8 Å². The number of benzene rings is 16. The molecule has 0 aliphatic carbocycles. The summed E-state index contributed by atoms with van der Waals surface area (Å²) in [6, 6.07) is 126. The number of halogens is 12. The van der Waals surface area contributed by atoms with Crippen LogP contribution in [-0.4, -0.2) is 42.6 Å². The Hall–Kier alpha value is -5.30. The Morgan fingerprint density at radius 3 is 0.895 bits per heavy atom. The van der Waals surface area contributed by atoms with Crippen LogP contribution in [0.3, 0.4) is 0 Å². The van der Waals surface area contributed by atoms with E-state index >= 15 is 0 Å². The molecule has 0 bridgehead atoms. The second-order valence-corrected chi connectivity index (χ2v) is 50.1. The number of ether oxygens (including phenoxy) is 4. The molecule has 0 N–H and O–H groups in total. The zero-order valence-corrected chi connectivity index (χ0v) is 99.4. The van der Waals surface area contributed by atoms with Gasteiger partial charge in [0, 0.05) is 65.7 Å². The van der Waals surface area contributed by atoms with Crippen LogP contribution in [0.25, 0.3) is 0 Å². The Labute approximate surface area is 949 Å². The normalized spacial score (nSPS) is 10.8. The average Bonchev–Trinajstić information content (AvgIpc) is 0.777. The van der Waals surface area contributed by atoms with Crippen LogP contribution >= 0.6 is 271 Å². The molecular formula is C106H73I12NO10S4+4. The van der Waals surface area contributed by atoms with Crippen molar-refractivity contribution in [3.8, 4) is 23.0 Å². The van der Waals surface area contributed by atoms with Gasteiger partial charge in [0.15, 0.2) is 59.6 Å². The minimum atomic E-state index is -0.448. The van der Waals surface area contributed by atoms with E-state index in [1.807, 2.05) is 194 Å². The number of ketones is 1. The first-order valence-electron chi connectivity index (χ1n) is 40.2. The molecule has 16 rings (SSSR count). The Bertz CT molecular complexity index is 6670. The fourth-order valence-electron chi connectivity index (χ4n) is 13.2. The molecule has 0 fully saturated rings. The van der Waals surface area contributed by atoms with Crippen molar-refractivity contribution < 1.29 is 47.7 Å². The van der Waals surface area contributed by atoms with Gasteiger partial charge in [0.2, 0.25) is 10.8 Å². The number of carbonyl (C=O) groups is 6. The second-order valence-electron chi connectivity index (χ2n) is 28.4. The van der Waals surface area contributed by atoms with Crippen LogP contribution in [0.2, 0.25) is 0 Å². The van der Waals surface area contributed by atoms with Gasteiger partial charge in [-0.2, -0.15) is 0 Å². The summed E-state index contributed by atoms with van der Waals surface area (Å²) in [5, 5.41) is 0. The van der Waals surface area contributed by atoms with Crippen molar-refractivity contribution in [1.82, 2.24) is 0 Å². The number of nitrogens with zero attached hydrogens (tertiary/aromatic N) is 1. The lowest BCUT2D eigenvalue weighted by Gasteiger charge is -2.21. The Morgan fingerprint density at radius 2 is 0.534 bits per heavy atom. The van der Waals surface area contributed by atoms with Crippen molar-refractivity contribution in [1.29, 1.82) is 0 Å². The van der Waals surface area contributed by atoms with Gasteiger partial charge >= 0.3 is 23.9 Å². The van der Waals surface area contributed by atoms with Crippen LogP contribution in [0.5, 0.6) is 23.0 Å². The summed E-state index contributed by atoms with van der Waals surface area (Å²) in [7, 11) is 0.477. The maximum atomic E-state index is 13.2. The Morgan fingerprint density at radius 1 is 0.248 bits per heavy atom. The van der Waals surface area contributed by atoms with Gasteiger partial charge in [-0.3, -0.25) is 9.59 Å². The van der Waals surface area contributed by atoms with E-state index in [1.54, 1.807) is 18.9 Å². The van der Waals surface area contributed by atoms with Crippen molar-refractivity contribution in [2.24, 2.45) is 0 Å². The van der Waals surface area contributed by atoms with Crippen LogP contribution in [0.4, 0.5) is 5.69 Å². The van der Waals surface area contributed by atoms with Gasteiger partial charge in [-0.1, -0.05) is 164 Å². The summed E-state index contributed by atoms with van der Waals surface area (Å²) in [5.41, 5.74) is 3.76. The summed E-state index contributed by atoms with van der Waals surface area (Å²) in [6.07, 6.45) is 0.295. The molecule has 11 nitrogen and oxygen atoms in total. The molecule has 133 heavy (non-hydrogen) atoms. The van der Waals surface area contributed by atoms with E-state index in [4.69, 9.17) is 18.9 Å². The molecule has 16 aromatic carbocycles. The molecule has 0 aliphatic heterocycles. The third-order valence-corrected chi connectivity index (χ3v) is 42.0. The van der Waals surface area contributed by atoms with E-state index in [0.29, 0.717) is 60.9 Å². The molecule has 0 aliphatic rings. The topological polar surface area (TPSA) is 143 Å². The smallest absolute Gasteiger partial charge is 0.345 e. The highest BCUT2D eigenvalue weighted by molar-refractivity contribution is 14.1. The van der Waals surface area contributed by atoms with E-state index < -0.39 is 22.8 Å². The molecule has 16 aromatic rings. The Balaban J connectivity index is 0.000000151. The number of Topliss-reactive ketones (excluding diaryl/α,β-unsaturated/α-hetero) is 1. The minimum absolute atomic E-state index is 0.0594. The van der Waals surface area contributed by atoms with Gasteiger partial charge in [-0.05, 0) is 490 Å². The SMILES string of the molecule is CC(=O)Cc1c(I)cc(I)c(C(=O)Oc2ccc([S+](c3ccccc3)c3ccccc3)cc2)c1I.CC(=O)N(C)c1c(I)cc(I)c(C(=O)Oc2ccc([S+](c3ccccc3)c3ccccc3)cc2)c1I.O=C(Oc1cccc([S+](c2ccccc2)c2ccccc2)c1)c1c(I)ccc(I)c1I.O=C(Oc1ccccc1[S+](c1ccccc1)c1ccccc1)c1c(I)ccc(I)c1I. The molecule has 0 unspecified atom stereocenters. The number of hydrogen-bond acceptors (Lipinski definition) is 10. The quantitative estimate of drug-likeness (QED) is 0.0200. The summed E-state index contributed by atoms with van der Waals surface area (Å²) < 4.78 is 34.0. The standard InChI is InChI=1S/C28H21I3NO3S.C28H20I3O3S.2C25H16I3O2S/c1-18(33)32(2)27-24(30)17-23(29)25(26(27)31)28(34)35-19-13-15-22(16-14-19)36(20-9-5-3-6-10-20)21-11-7-4-8-12-21;1-18(32)16-23-24(29)17-25(30)26(27(23)31)28(33)34-19-12-14-22(15-13-19)35(20-8-4-2-5-9-20)21-10-6-3-7-11-21;26-21-14-15-22(27)24(28)23(21)25(29)30-17-8-7-13-20(16-17)31(18-9-3-1-4-10-18)19-11-5-2-6-12-19;26-19-15-16-20(27)24(28)23(19)25(29)30-21-13-7-8-14-22(21)31(17-9-3-1-4-10-17)18-11-5-2-6-12-18/h3-17H,1-2H3;2-15,17H,16H2,1H3;2*1-16H/q4*+1. The molecule has 0 saturated heterocycles. The van der Waals surface area contributed by atoms with Crippen LogP contribution in [0.15, 0.2) is 435 Å². The molecule has 0 heterocycles. The third kappa shape index (κ3) is 27.9. The van der Waals surface area contributed by atoms with Crippen molar-refractivity contribution in [3.63, 3.8) is 0 Å². The van der Waals surface area contributed by atoms with E-state index in [2.05, 4.69) is 453 Å². The fraction of sp³-hybridized carbons (Fsp3) is 0.0377. The predicted molar refractivity (Wildman–Crippen MR) is 638 cm³/mol. The first kappa shape index (κ1) is 105. The molecular weight excluding hydrogens is 3100 g/mol. The highest BCUT2D eigenvalue weighted by Gasteiger charge is 2.37. The second kappa shape index (κ2) is 51.7. The average molecular weight is 3170 g/mol. The van der Waals surface area contributed by atoms with Gasteiger partial charge < -0.3 is 23.8 Å². The van der Waals surface area contributed by atoms with Crippen molar-refractivity contribution in [2.75, 3.05) is 11.9 Å². The summed E-state index contributed by atoms with van der Waals surface area (Å²) >= 11 is 26.3. The van der Waals surface area contributed by atoms with Crippen molar-refractivity contribution in [3.05, 3.63) is 447 Å². The number of rotatable bonds is 23. The zero-order valence-electron chi connectivity index (χ0n) is 70.2. The molecule has 0 radical (unpaired) electrons. The van der Waals surface area contributed by atoms with Gasteiger partial charge in [-0.25, -0.2) is 19.2 Å². The number of esters is 4. The molecule has 1 amide bonds. The molecule has 0 saturated carbocycles. The van der Waals surface area contributed by atoms with Gasteiger partial charge in [-0.15, -0.1) is 0 Å². The maximum absolute atomic E-state index is 13.2. The number of carbonyl (C=O) groups excluding carboxylic acids is 6.